The van der Waals surface area contributed by atoms with Crippen LogP contribution >= 0.6 is 0 Å². The number of rotatable bonds is 4. The lowest BCUT2D eigenvalue weighted by atomic mass is 9.94. The normalized spacial score (nSPS) is 21.0. The number of piperidine rings is 1. The maximum atomic E-state index is 12.9. The van der Waals surface area contributed by atoms with Crippen molar-refractivity contribution in [2.24, 2.45) is 11.8 Å². The van der Waals surface area contributed by atoms with Crippen LogP contribution in [0.4, 0.5) is 5.69 Å². The average Bonchev–Trinajstić information content (AvgIpc) is 2.63. The summed E-state index contributed by atoms with van der Waals surface area (Å²) in [5.74, 6) is 0.439. The quantitative estimate of drug-likeness (QED) is 0.866. The highest BCUT2D eigenvalue weighted by molar-refractivity contribution is 7.89. The van der Waals surface area contributed by atoms with Crippen molar-refractivity contribution in [2.45, 2.75) is 32.1 Å². The molecule has 0 unspecified atom stereocenters. The second-order valence-corrected chi connectivity index (χ2v) is 9.55. The van der Waals surface area contributed by atoms with E-state index in [1.54, 1.807) is 16.4 Å². The van der Waals surface area contributed by atoms with Crippen LogP contribution in [0.1, 0.15) is 36.2 Å². The largest absolute Gasteiger partial charge is 0.322 e. The summed E-state index contributed by atoms with van der Waals surface area (Å²) < 4.78 is 27.4. The molecule has 6 heteroatoms. The number of anilines is 1. The minimum absolute atomic E-state index is 0.232. The number of aryl methyl sites for hydroxylation is 1. The van der Waals surface area contributed by atoms with Gasteiger partial charge in [0.05, 0.1) is 4.90 Å². The Labute approximate surface area is 161 Å². The molecule has 3 rings (SSSR count). The van der Waals surface area contributed by atoms with E-state index < -0.39 is 10.0 Å². The molecule has 2 aromatic carbocycles. The van der Waals surface area contributed by atoms with E-state index in [4.69, 9.17) is 0 Å². The van der Waals surface area contributed by atoms with Crippen molar-refractivity contribution in [1.82, 2.24) is 4.31 Å². The van der Waals surface area contributed by atoms with Crippen LogP contribution in [0.15, 0.2) is 53.4 Å². The van der Waals surface area contributed by atoms with Gasteiger partial charge in [0.15, 0.2) is 0 Å². The van der Waals surface area contributed by atoms with Gasteiger partial charge in [-0.05, 0) is 61.6 Å². The number of sulfonamides is 1. The van der Waals surface area contributed by atoms with Gasteiger partial charge in [0.25, 0.3) is 5.91 Å². The smallest absolute Gasteiger partial charge is 0.255 e. The van der Waals surface area contributed by atoms with Gasteiger partial charge in [0.2, 0.25) is 10.0 Å². The van der Waals surface area contributed by atoms with Crippen LogP contribution in [0, 0.1) is 18.8 Å². The second-order valence-electron chi connectivity index (χ2n) is 7.61. The molecule has 1 fully saturated rings. The Kier molecular flexibility index (Phi) is 5.67. The van der Waals surface area contributed by atoms with Gasteiger partial charge >= 0.3 is 0 Å². The van der Waals surface area contributed by atoms with Crippen molar-refractivity contribution >= 4 is 21.6 Å². The Balaban J connectivity index is 1.74. The van der Waals surface area contributed by atoms with Crippen LogP contribution in [0.5, 0.6) is 0 Å². The van der Waals surface area contributed by atoms with Gasteiger partial charge in [-0.25, -0.2) is 8.42 Å². The van der Waals surface area contributed by atoms with E-state index in [1.165, 1.54) is 12.1 Å². The third kappa shape index (κ3) is 4.57. The molecule has 1 aliphatic heterocycles. The predicted octanol–water partition coefficient (Wildman–Crippen LogP) is 3.91. The highest BCUT2D eigenvalue weighted by Crippen LogP contribution is 2.26. The first-order chi connectivity index (χ1) is 12.8. The van der Waals surface area contributed by atoms with E-state index in [1.807, 2.05) is 31.2 Å². The van der Waals surface area contributed by atoms with Gasteiger partial charge < -0.3 is 5.32 Å². The van der Waals surface area contributed by atoms with E-state index >= 15 is 0 Å². The Hall–Kier alpha value is -2.18. The van der Waals surface area contributed by atoms with E-state index in [-0.39, 0.29) is 10.8 Å². The molecular weight excluding hydrogens is 360 g/mol. The molecule has 2 atom stereocenters. The zero-order valence-corrected chi connectivity index (χ0v) is 16.8. The van der Waals surface area contributed by atoms with Crippen molar-refractivity contribution in [3.8, 4) is 0 Å². The van der Waals surface area contributed by atoms with Crippen LogP contribution in [0.2, 0.25) is 0 Å². The summed E-state index contributed by atoms with van der Waals surface area (Å²) in [7, 11) is -3.53. The summed E-state index contributed by atoms with van der Waals surface area (Å²) in [5.41, 5.74) is 2.25. The first-order valence-corrected chi connectivity index (χ1v) is 10.7. The monoisotopic (exact) mass is 386 g/mol. The number of hydrogen-bond acceptors (Lipinski definition) is 3. The van der Waals surface area contributed by atoms with E-state index in [0.717, 1.165) is 12.0 Å². The Morgan fingerprint density at radius 3 is 2.07 bits per heavy atom. The van der Waals surface area contributed by atoms with Crippen LogP contribution < -0.4 is 5.32 Å². The third-order valence-electron chi connectivity index (χ3n) is 4.90. The zero-order valence-electron chi connectivity index (χ0n) is 16.0. The fourth-order valence-corrected chi connectivity index (χ4v) is 5.25. The number of carbonyl (C=O) groups excluding carboxylic acids is 1. The number of hydrogen-bond donors (Lipinski definition) is 1. The molecule has 1 amide bonds. The maximum absolute atomic E-state index is 12.9. The van der Waals surface area contributed by atoms with E-state index in [2.05, 4.69) is 19.2 Å². The molecule has 0 radical (unpaired) electrons. The lowest BCUT2D eigenvalue weighted by molar-refractivity contribution is 0.102. The van der Waals surface area contributed by atoms with E-state index in [9.17, 15) is 13.2 Å². The molecule has 0 aliphatic carbocycles. The fraction of sp³-hybridized carbons (Fsp3) is 0.381. The van der Waals surface area contributed by atoms with Crippen LogP contribution in [-0.4, -0.2) is 31.7 Å². The molecule has 0 saturated carbocycles. The predicted molar refractivity (Wildman–Crippen MR) is 107 cm³/mol. The van der Waals surface area contributed by atoms with Gasteiger partial charge in [0, 0.05) is 24.3 Å². The standard InChI is InChI=1S/C21H26N2O3S/c1-15-4-8-19(9-5-15)22-21(24)18-6-10-20(11-7-18)27(25,26)23-13-16(2)12-17(3)14-23/h4-11,16-17H,12-14H2,1-3H3,(H,22,24)/t16-,17+. The first kappa shape index (κ1) is 19.6. The number of amides is 1. The molecule has 0 bridgehead atoms. The van der Waals surface area contributed by atoms with Gasteiger partial charge in [-0.2, -0.15) is 4.31 Å². The van der Waals surface area contributed by atoms with Crippen molar-refractivity contribution in [3.05, 3.63) is 59.7 Å². The van der Waals surface area contributed by atoms with Crippen LogP contribution in [-0.2, 0) is 10.0 Å². The molecule has 1 saturated heterocycles. The summed E-state index contributed by atoms with van der Waals surface area (Å²) in [5, 5.41) is 2.82. The molecule has 2 aromatic rings. The van der Waals surface area contributed by atoms with E-state index in [0.29, 0.717) is 36.2 Å². The molecule has 27 heavy (non-hydrogen) atoms. The summed E-state index contributed by atoms with van der Waals surface area (Å²) in [6.45, 7) is 7.23. The Morgan fingerprint density at radius 2 is 1.52 bits per heavy atom. The lowest BCUT2D eigenvalue weighted by Crippen LogP contribution is -2.42. The molecular formula is C21H26N2O3S. The Morgan fingerprint density at radius 1 is 0.963 bits per heavy atom. The minimum atomic E-state index is -3.53. The van der Waals surface area contributed by atoms with Crippen molar-refractivity contribution in [3.63, 3.8) is 0 Å². The van der Waals surface area contributed by atoms with Crippen molar-refractivity contribution < 1.29 is 13.2 Å². The topological polar surface area (TPSA) is 66.5 Å². The van der Waals surface area contributed by atoms with Crippen LogP contribution in [0.3, 0.4) is 0 Å². The van der Waals surface area contributed by atoms with Crippen molar-refractivity contribution in [2.75, 3.05) is 18.4 Å². The summed E-state index contributed by atoms with van der Waals surface area (Å²) in [4.78, 5) is 12.6. The zero-order chi connectivity index (χ0) is 19.6. The molecule has 5 nitrogen and oxygen atoms in total. The number of benzene rings is 2. The number of nitrogens with zero attached hydrogens (tertiary/aromatic N) is 1. The molecule has 0 aromatic heterocycles. The van der Waals surface area contributed by atoms with Gasteiger partial charge in [-0.3, -0.25) is 4.79 Å². The minimum Gasteiger partial charge on any atom is -0.322 e. The highest BCUT2D eigenvalue weighted by atomic mass is 32.2. The van der Waals surface area contributed by atoms with Crippen molar-refractivity contribution in [1.29, 1.82) is 0 Å². The molecule has 1 aliphatic rings. The molecule has 1 heterocycles. The maximum Gasteiger partial charge on any atom is 0.255 e. The van der Waals surface area contributed by atoms with Gasteiger partial charge in [-0.15, -0.1) is 0 Å². The summed E-state index contributed by atoms with van der Waals surface area (Å²) >= 11 is 0. The number of carbonyl (C=O) groups is 1. The Bertz CT molecular complexity index is 895. The number of nitrogens with one attached hydrogen (secondary N) is 1. The third-order valence-corrected chi connectivity index (χ3v) is 6.74. The van der Waals surface area contributed by atoms with Gasteiger partial charge in [-0.1, -0.05) is 31.5 Å². The first-order valence-electron chi connectivity index (χ1n) is 9.24. The molecule has 1 N–H and O–H groups in total. The highest BCUT2D eigenvalue weighted by Gasteiger charge is 2.31. The SMILES string of the molecule is Cc1ccc(NC(=O)c2ccc(S(=O)(=O)N3C[C@H](C)C[C@H](C)C3)cc2)cc1. The summed E-state index contributed by atoms with van der Waals surface area (Å²) in [6, 6.07) is 13.7. The lowest BCUT2D eigenvalue weighted by Gasteiger charge is -2.34. The second kappa shape index (κ2) is 7.82. The average molecular weight is 387 g/mol. The molecule has 0 spiro atoms. The fourth-order valence-electron chi connectivity index (χ4n) is 3.57. The van der Waals surface area contributed by atoms with Gasteiger partial charge in [0.1, 0.15) is 0 Å². The summed E-state index contributed by atoms with van der Waals surface area (Å²) in [6.07, 6.45) is 1.05. The molecule has 144 valence electrons. The van der Waals surface area contributed by atoms with Crippen LogP contribution in [0.25, 0.3) is 0 Å².